The van der Waals surface area contributed by atoms with Crippen LogP contribution in [0.2, 0.25) is 5.02 Å². The molecule has 4 N–H and O–H groups in total. The number of anilines is 1. The number of ether oxygens (including phenoxy) is 1. The molecule has 0 unspecified atom stereocenters. The number of rotatable bonds is 15. The van der Waals surface area contributed by atoms with E-state index in [2.05, 4.69) is 10.6 Å². The lowest BCUT2D eigenvalue weighted by atomic mass is 10.00. The number of halogens is 1. The molecule has 0 aliphatic rings. The summed E-state index contributed by atoms with van der Waals surface area (Å²) in [5.41, 5.74) is 3.46. The number of para-hydroxylation sites is 1. The highest BCUT2D eigenvalue weighted by Crippen LogP contribution is 2.26. The molecule has 0 aromatic heterocycles. The van der Waals surface area contributed by atoms with Crippen molar-refractivity contribution in [3.05, 3.63) is 113 Å². The molecule has 0 bridgehead atoms. The van der Waals surface area contributed by atoms with Crippen molar-refractivity contribution in [2.75, 3.05) is 11.9 Å². The Hall–Kier alpha value is -4.82. The lowest BCUT2D eigenvalue weighted by molar-refractivity contribution is -0.139. The van der Waals surface area contributed by atoms with E-state index in [1.807, 2.05) is 78.9 Å². The van der Waals surface area contributed by atoms with E-state index < -0.39 is 23.9 Å². The first-order chi connectivity index (χ1) is 20.8. The minimum Gasteiger partial charge on any atom is -0.481 e. The quantitative estimate of drug-likeness (QED) is 0.106. The monoisotopic (exact) mass is 600 g/mol. The van der Waals surface area contributed by atoms with Crippen LogP contribution in [0.4, 0.5) is 5.69 Å². The molecule has 0 radical (unpaired) electrons. The molecule has 0 aliphatic carbocycles. The summed E-state index contributed by atoms with van der Waals surface area (Å²) in [7, 11) is 0. The van der Waals surface area contributed by atoms with Crippen LogP contribution in [-0.4, -0.2) is 40.6 Å². The molecular weight excluding hydrogens is 568 g/mol. The van der Waals surface area contributed by atoms with E-state index in [1.165, 1.54) is 6.07 Å². The first-order valence-electron chi connectivity index (χ1n) is 14.0. The first-order valence-corrected chi connectivity index (χ1v) is 14.4. The maximum absolute atomic E-state index is 13.2. The predicted octanol–water partition coefficient (Wildman–Crippen LogP) is 7.28. The molecule has 0 saturated heterocycles. The summed E-state index contributed by atoms with van der Waals surface area (Å²) in [6, 6.07) is 28.4. The maximum atomic E-state index is 13.2. The van der Waals surface area contributed by atoms with Gasteiger partial charge in [0.1, 0.15) is 17.5 Å². The number of nitrogens with one attached hydrogen (secondary N) is 2. The van der Waals surface area contributed by atoms with Gasteiger partial charge < -0.3 is 25.6 Å². The summed E-state index contributed by atoms with van der Waals surface area (Å²) in [5.74, 6) is -1.06. The zero-order valence-corrected chi connectivity index (χ0v) is 24.2. The van der Waals surface area contributed by atoms with Crippen LogP contribution in [0.25, 0.3) is 11.1 Å². The normalized spacial score (nSPS) is 11.4. The molecule has 222 valence electrons. The topological polar surface area (TPSA) is 125 Å². The Bertz CT molecular complexity index is 1530. The van der Waals surface area contributed by atoms with Crippen molar-refractivity contribution >= 4 is 35.1 Å². The minimum absolute atomic E-state index is 0.0953. The van der Waals surface area contributed by atoms with Gasteiger partial charge >= 0.3 is 11.9 Å². The van der Waals surface area contributed by atoms with Gasteiger partial charge in [0.15, 0.2) is 0 Å². The van der Waals surface area contributed by atoms with Crippen LogP contribution in [-0.2, 0) is 16.0 Å². The Morgan fingerprint density at radius 3 is 2.07 bits per heavy atom. The van der Waals surface area contributed by atoms with E-state index in [0.29, 0.717) is 23.7 Å². The van der Waals surface area contributed by atoms with Crippen LogP contribution in [0.5, 0.6) is 11.5 Å². The van der Waals surface area contributed by atoms with Gasteiger partial charge in [-0.05, 0) is 72.0 Å². The molecule has 1 atom stereocenters. The highest BCUT2D eigenvalue weighted by Gasteiger charge is 2.23. The Morgan fingerprint density at radius 1 is 0.767 bits per heavy atom. The number of carbonyl (C=O) groups is 3. The van der Waals surface area contributed by atoms with Gasteiger partial charge in [0.25, 0.3) is 5.91 Å². The van der Waals surface area contributed by atoms with Gasteiger partial charge in [-0.15, -0.1) is 0 Å². The molecule has 4 rings (SSSR count). The number of aliphatic carboxylic acids is 2. The van der Waals surface area contributed by atoms with Gasteiger partial charge in [-0.25, -0.2) is 4.79 Å². The van der Waals surface area contributed by atoms with Crippen LogP contribution in [0.3, 0.4) is 0 Å². The summed E-state index contributed by atoms with van der Waals surface area (Å²) < 4.78 is 5.85. The molecule has 4 aromatic rings. The third-order valence-corrected chi connectivity index (χ3v) is 7.01. The average molecular weight is 601 g/mol. The van der Waals surface area contributed by atoms with E-state index >= 15 is 0 Å². The Kier molecular flexibility index (Phi) is 11.2. The molecule has 0 aliphatic heterocycles. The fourth-order valence-corrected chi connectivity index (χ4v) is 4.68. The minimum atomic E-state index is -1.16. The summed E-state index contributed by atoms with van der Waals surface area (Å²) in [6.45, 7) is 0.527. The Labute approximate surface area is 255 Å². The fraction of sp³-hybridized carbons (Fsp3) is 0.206. The van der Waals surface area contributed by atoms with Crippen LogP contribution in [0.1, 0.15) is 41.6 Å². The number of carboxylic acid groups (broad SMARTS) is 2. The van der Waals surface area contributed by atoms with Crippen molar-refractivity contribution in [1.29, 1.82) is 0 Å². The van der Waals surface area contributed by atoms with Crippen molar-refractivity contribution in [1.82, 2.24) is 5.32 Å². The number of benzene rings is 4. The second kappa shape index (κ2) is 15.4. The molecule has 0 saturated carbocycles. The van der Waals surface area contributed by atoms with Crippen LogP contribution >= 0.6 is 11.6 Å². The highest BCUT2D eigenvalue weighted by atomic mass is 35.5. The first kappa shape index (κ1) is 31.1. The average Bonchev–Trinajstić information content (AvgIpc) is 3.00. The number of hydrogen-bond donors (Lipinski definition) is 4. The van der Waals surface area contributed by atoms with Crippen molar-refractivity contribution in [3.63, 3.8) is 0 Å². The van der Waals surface area contributed by atoms with Crippen LogP contribution in [0.15, 0.2) is 97.1 Å². The standard InChI is InChI=1S/C34H33ClN2O6/c35-26-16-19-30(36-20-6-2-5-9-32(38)39)29(22-26)33(40)37-31(34(41)42)21-23-10-12-24(13-11-23)25-14-17-28(18-15-25)43-27-7-3-1-4-8-27/h1,3-4,7-8,10-19,22,31,36H,2,5-6,9,20-21H2,(H,37,40)(H,38,39)(H,41,42)/t31-/m0/s1. The number of carbonyl (C=O) groups excluding carboxylic acids is 1. The molecule has 43 heavy (non-hydrogen) atoms. The number of unbranched alkanes of at least 4 members (excludes halogenated alkanes) is 2. The second-order valence-corrected chi connectivity index (χ2v) is 10.5. The van der Waals surface area contributed by atoms with Gasteiger partial charge in [0.2, 0.25) is 0 Å². The second-order valence-electron chi connectivity index (χ2n) is 10.0. The summed E-state index contributed by atoms with van der Waals surface area (Å²) >= 11 is 6.15. The predicted molar refractivity (Wildman–Crippen MR) is 167 cm³/mol. The number of carboxylic acids is 2. The Balaban J connectivity index is 1.36. The van der Waals surface area contributed by atoms with Crippen molar-refractivity contribution in [2.24, 2.45) is 0 Å². The van der Waals surface area contributed by atoms with Crippen molar-refractivity contribution in [2.45, 2.75) is 38.1 Å². The van der Waals surface area contributed by atoms with Crippen LogP contribution < -0.4 is 15.4 Å². The zero-order valence-electron chi connectivity index (χ0n) is 23.5. The largest absolute Gasteiger partial charge is 0.481 e. The third-order valence-electron chi connectivity index (χ3n) is 6.77. The van der Waals surface area contributed by atoms with Gasteiger partial charge in [0.05, 0.1) is 5.56 Å². The highest BCUT2D eigenvalue weighted by molar-refractivity contribution is 6.31. The van der Waals surface area contributed by atoms with Gasteiger partial charge in [0, 0.05) is 30.1 Å². The SMILES string of the molecule is O=C(O)CCCCCNc1ccc(Cl)cc1C(=O)N[C@@H](Cc1ccc(-c2ccc(Oc3ccccc3)cc2)cc1)C(=O)O. The van der Waals surface area contributed by atoms with E-state index in [-0.39, 0.29) is 18.4 Å². The molecule has 8 nitrogen and oxygen atoms in total. The molecule has 0 spiro atoms. The van der Waals surface area contributed by atoms with Crippen molar-refractivity contribution < 1.29 is 29.3 Å². The lowest BCUT2D eigenvalue weighted by Crippen LogP contribution is -2.42. The van der Waals surface area contributed by atoms with Gasteiger partial charge in [-0.1, -0.05) is 72.6 Å². The van der Waals surface area contributed by atoms with E-state index in [0.717, 1.165) is 41.0 Å². The zero-order chi connectivity index (χ0) is 30.6. The third kappa shape index (κ3) is 9.61. The maximum Gasteiger partial charge on any atom is 0.326 e. The fourth-order valence-electron chi connectivity index (χ4n) is 4.50. The molecule has 9 heteroatoms. The Morgan fingerprint density at radius 2 is 1.42 bits per heavy atom. The molecular formula is C34H33ClN2O6. The molecule has 1 amide bonds. The molecule has 4 aromatic carbocycles. The van der Waals surface area contributed by atoms with E-state index in [4.69, 9.17) is 21.4 Å². The number of hydrogen-bond acceptors (Lipinski definition) is 5. The van der Waals surface area contributed by atoms with Crippen molar-refractivity contribution in [3.8, 4) is 22.6 Å². The summed E-state index contributed by atoms with van der Waals surface area (Å²) in [4.78, 5) is 35.9. The summed E-state index contributed by atoms with van der Waals surface area (Å²) in [6.07, 6.45) is 2.23. The van der Waals surface area contributed by atoms with Gasteiger partial charge in [-0.3, -0.25) is 9.59 Å². The van der Waals surface area contributed by atoms with E-state index in [1.54, 1.807) is 12.1 Å². The summed E-state index contributed by atoms with van der Waals surface area (Å²) in [5, 5.41) is 24.8. The number of amides is 1. The van der Waals surface area contributed by atoms with E-state index in [9.17, 15) is 19.5 Å². The molecule has 0 fully saturated rings. The van der Waals surface area contributed by atoms with Gasteiger partial charge in [-0.2, -0.15) is 0 Å². The van der Waals surface area contributed by atoms with Crippen LogP contribution in [0, 0.1) is 0 Å². The smallest absolute Gasteiger partial charge is 0.326 e. The lowest BCUT2D eigenvalue weighted by Gasteiger charge is -2.17. The molecule has 0 heterocycles.